The molecule has 0 unspecified atom stereocenters. The summed E-state index contributed by atoms with van der Waals surface area (Å²) >= 11 is 1.64. The predicted octanol–water partition coefficient (Wildman–Crippen LogP) is 4.27. The molecule has 1 aliphatic rings. The van der Waals surface area contributed by atoms with Gasteiger partial charge in [0.2, 0.25) is 0 Å². The minimum Gasteiger partial charge on any atom is -0.376 e. The van der Waals surface area contributed by atoms with E-state index in [4.69, 9.17) is 4.74 Å². The number of sulfonamides is 1. The molecule has 1 amide bonds. The molecule has 3 rings (SSSR count). The molecule has 0 spiro atoms. The number of rotatable bonds is 13. The first kappa shape index (κ1) is 29.9. The first-order valence-electron chi connectivity index (χ1n) is 12.6. The summed E-state index contributed by atoms with van der Waals surface area (Å²) in [5.74, 6) is -0.0873. The number of carbonyl (C=O) groups is 1. The van der Waals surface area contributed by atoms with E-state index in [1.807, 2.05) is 49.3 Å². The summed E-state index contributed by atoms with van der Waals surface area (Å²) < 4.78 is 33.6. The summed E-state index contributed by atoms with van der Waals surface area (Å²) in [5.41, 5.74) is -1.37. The van der Waals surface area contributed by atoms with Crippen molar-refractivity contribution in [1.82, 2.24) is 9.62 Å². The van der Waals surface area contributed by atoms with Crippen LogP contribution in [0, 0.1) is 10.1 Å². The third-order valence-electron chi connectivity index (χ3n) is 6.65. The molecule has 0 aliphatic heterocycles. The van der Waals surface area contributed by atoms with Crippen LogP contribution >= 0.6 is 11.8 Å². The van der Waals surface area contributed by atoms with E-state index in [2.05, 4.69) is 10.0 Å². The fourth-order valence-electron chi connectivity index (χ4n) is 4.42. The highest BCUT2D eigenvalue weighted by Gasteiger charge is 2.41. The topological polar surface area (TPSA) is 131 Å². The SMILES string of the molecule is COC1(C(=O)NS(=O)(=O)c2ccc(N[C@H](CCN(C)C)CSc3ccccc3)c([N+](=O)[O-])c2)CCCCC1. The minimum absolute atomic E-state index is 0.115. The Morgan fingerprint density at radius 1 is 1.16 bits per heavy atom. The van der Waals surface area contributed by atoms with Gasteiger partial charge in [-0.3, -0.25) is 14.9 Å². The fraction of sp³-hybridized carbons (Fsp3) is 0.500. The van der Waals surface area contributed by atoms with Crippen LogP contribution in [0.4, 0.5) is 11.4 Å². The van der Waals surface area contributed by atoms with Gasteiger partial charge in [0.05, 0.1) is 9.82 Å². The van der Waals surface area contributed by atoms with Crippen LogP contribution in [-0.4, -0.2) is 69.3 Å². The van der Waals surface area contributed by atoms with Crippen LogP contribution in [0.25, 0.3) is 0 Å². The maximum Gasteiger partial charge on any atom is 0.293 e. The fourth-order valence-corrected chi connectivity index (χ4v) is 6.47. The molecule has 1 atom stereocenters. The van der Waals surface area contributed by atoms with Crippen LogP contribution in [0.15, 0.2) is 58.3 Å². The minimum atomic E-state index is -4.35. The van der Waals surface area contributed by atoms with Gasteiger partial charge in [0.1, 0.15) is 11.3 Å². The molecule has 10 nitrogen and oxygen atoms in total. The molecule has 0 saturated heterocycles. The highest BCUT2D eigenvalue weighted by Crippen LogP contribution is 2.33. The van der Waals surface area contributed by atoms with Crippen molar-refractivity contribution >= 4 is 39.1 Å². The van der Waals surface area contributed by atoms with Crippen molar-refractivity contribution in [3.63, 3.8) is 0 Å². The number of nitro benzene ring substituents is 1. The van der Waals surface area contributed by atoms with Crippen LogP contribution in [0.2, 0.25) is 0 Å². The number of benzene rings is 2. The monoisotopic (exact) mass is 564 g/mol. The standard InChI is InChI=1S/C26H36N4O6S2/c1-29(2)17-14-20(19-37-21-10-6-4-7-11-21)27-23-13-12-22(18-24(23)30(32)33)38(34,35)28-25(31)26(36-3)15-8-5-9-16-26/h4,6-7,10-13,18,20,27H,5,8-9,14-17,19H2,1-3H3,(H,28,31)/t20-/m1/s1. The Kier molecular flexibility index (Phi) is 10.5. The average Bonchev–Trinajstić information content (AvgIpc) is 2.90. The maximum atomic E-state index is 13.0. The summed E-state index contributed by atoms with van der Waals surface area (Å²) in [5, 5.41) is 15.2. The van der Waals surface area contributed by atoms with E-state index in [0.717, 1.165) is 43.2 Å². The van der Waals surface area contributed by atoms with Crippen molar-refractivity contribution < 1.29 is 22.9 Å². The van der Waals surface area contributed by atoms with Crippen LogP contribution in [0.5, 0.6) is 0 Å². The van der Waals surface area contributed by atoms with Crippen molar-refractivity contribution in [1.29, 1.82) is 0 Å². The largest absolute Gasteiger partial charge is 0.376 e. The number of methoxy groups -OCH3 is 1. The lowest BCUT2D eigenvalue weighted by Crippen LogP contribution is -2.51. The molecule has 1 aliphatic carbocycles. The summed E-state index contributed by atoms with van der Waals surface area (Å²) in [6, 6.07) is 13.4. The average molecular weight is 565 g/mol. The number of carbonyl (C=O) groups excluding carboxylic acids is 1. The van der Waals surface area contributed by atoms with E-state index in [1.54, 1.807) is 11.8 Å². The number of anilines is 1. The van der Waals surface area contributed by atoms with Crippen LogP contribution in [0.3, 0.4) is 0 Å². The molecule has 2 aromatic carbocycles. The molecule has 0 radical (unpaired) electrons. The van der Waals surface area contributed by atoms with Gasteiger partial charge in [0.15, 0.2) is 0 Å². The molecule has 12 heteroatoms. The van der Waals surface area contributed by atoms with E-state index in [9.17, 15) is 23.3 Å². The highest BCUT2D eigenvalue weighted by atomic mass is 32.2. The first-order chi connectivity index (χ1) is 18.1. The Morgan fingerprint density at radius 3 is 2.45 bits per heavy atom. The lowest BCUT2D eigenvalue weighted by Gasteiger charge is -2.34. The third-order valence-corrected chi connectivity index (χ3v) is 9.15. The zero-order chi connectivity index (χ0) is 27.8. The molecular weight excluding hydrogens is 528 g/mol. The van der Waals surface area contributed by atoms with Crippen molar-refractivity contribution in [2.24, 2.45) is 0 Å². The molecule has 0 heterocycles. The molecule has 208 valence electrons. The van der Waals surface area contributed by atoms with Gasteiger partial charge in [-0.05, 0) is 64.2 Å². The van der Waals surface area contributed by atoms with E-state index in [0.29, 0.717) is 18.6 Å². The van der Waals surface area contributed by atoms with Gasteiger partial charge in [0, 0.05) is 29.9 Å². The number of hydrogen-bond acceptors (Lipinski definition) is 9. The predicted molar refractivity (Wildman–Crippen MR) is 149 cm³/mol. The lowest BCUT2D eigenvalue weighted by molar-refractivity contribution is -0.384. The van der Waals surface area contributed by atoms with Gasteiger partial charge < -0.3 is 15.0 Å². The maximum absolute atomic E-state index is 13.0. The number of amides is 1. The smallest absolute Gasteiger partial charge is 0.293 e. The van der Waals surface area contributed by atoms with Gasteiger partial charge in [-0.1, -0.05) is 37.5 Å². The van der Waals surface area contributed by atoms with Crippen LogP contribution in [-0.2, 0) is 19.6 Å². The number of ether oxygens (including phenoxy) is 1. The van der Waals surface area contributed by atoms with Gasteiger partial charge in [-0.15, -0.1) is 11.8 Å². The van der Waals surface area contributed by atoms with Crippen molar-refractivity contribution in [3.05, 3.63) is 58.6 Å². The van der Waals surface area contributed by atoms with E-state index in [1.165, 1.54) is 19.2 Å². The second-order valence-electron chi connectivity index (χ2n) is 9.69. The van der Waals surface area contributed by atoms with Crippen LogP contribution in [0.1, 0.15) is 38.5 Å². The number of nitro groups is 1. The Hall–Kier alpha value is -2.67. The van der Waals surface area contributed by atoms with Crippen LogP contribution < -0.4 is 10.0 Å². The molecule has 0 aromatic heterocycles. The third kappa shape index (κ3) is 7.92. The number of hydrogen-bond donors (Lipinski definition) is 2. The molecule has 2 aromatic rings. The van der Waals surface area contributed by atoms with E-state index < -0.39 is 26.5 Å². The van der Waals surface area contributed by atoms with Crippen molar-refractivity contribution in [2.45, 2.75) is 60.0 Å². The summed E-state index contributed by atoms with van der Waals surface area (Å²) in [6.07, 6.45) is 4.02. The first-order valence-corrected chi connectivity index (χ1v) is 15.0. The molecular formula is C26H36N4O6S2. The normalized spacial score (nSPS) is 16.1. The molecule has 1 fully saturated rings. The van der Waals surface area contributed by atoms with Gasteiger partial charge in [-0.25, -0.2) is 13.1 Å². The number of nitrogens with one attached hydrogen (secondary N) is 2. The van der Waals surface area contributed by atoms with E-state index in [-0.39, 0.29) is 22.3 Å². The van der Waals surface area contributed by atoms with Gasteiger partial charge in [-0.2, -0.15) is 0 Å². The number of nitrogens with zero attached hydrogens (tertiary/aromatic N) is 2. The second-order valence-corrected chi connectivity index (χ2v) is 12.5. The Morgan fingerprint density at radius 2 is 1.84 bits per heavy atom. The van der Waals surface area contributed by atoms with E-state index >= 15 is 0 Å². The zero-order valence-corrected chi connectivity index (χ0v) is 23.6. The molecule has 2 N–H and O–H groups in total. The molecule has 1 saturated carbocycles. The Bertz CT molecular complexity index is 1200. The second kappa shape index (κ2) is 13.4. The molecule has 38 heavy (non-hydrogen) atoms. The summed E-state index contributed by atoms with van der Waals surface area (Å²) in [7, 11) is 0.960. The highest BCUT2D eigenvalue weighted by molar-refractivity contribution is 7.99. The van der Waals surface area contributed by atoms with Gasteiger partial charge >= 0.3 is 0 Å². The quantitative estimate of drug-likeness (QED) is 0.208. The Balaban J connectivity index is 1.81. The summed E-state index contributed by atoms with van der Waals surface area (Å²) in [4.78, 5) is 27.0. The summed E-state index contributed by atoms with van der Waals surface area (Å²) in [6.45, 7) is 0.764. The van der Waals surface area contributed by atoms with Crippen molar-refractivity contribution in [3.8, 4) is 0 Å². The van der Waals surface area contributed by atoms with Gasteiger partial charge in [0.25, 0.3) is 21.6 Å². The lowest BCUT2D eigenvalue weighted by atomic mass is 9.84. The zero-order valence-electron chi connectivity index (χ0n) is 22.0. The number of thioether (sulfide) groups is 1. The van der Waals surface area contributed by atoms with Crippen molar-refractivity contribution in [2.75, 3.05) is 38.8 Å². The Labute approximate surface area is 228 Å². The molecule has 0 bridgehead atoms.